The van der Waals surface area contributed by atoms with Crippen LogP contribution in [0.25, 0.3) is 22.4 Å². The van der Waals surface area contributed by atoms with Gasteiger partial charge in [0.15, 0.2) is 0 Å². The molecular formula is C21H21N2NaO5S. The van der Waals surface area contributed by atoms with Gasteiger partial charge in [-0.1, -0.05) is 47.6 Å². The zero-order valence-electron chi connectivity index (χ0n) is 15.8. The summed E-state index contributed by atoms with van der Waals surface area (Å²) in [6.45, 7) is 2.02. The number of hydrogen-bond donors (Lipinski definition) is 1. The number of nitrogens with zero attached hydrogens (tertiary/aromatic N) is 2. The molecule has 0 aliphatic carbocycles. The average molecular weight is 436 g/mol. The molecule has 1 fully saturated rings. The second-order valence-corrected chi connectivity index (χ2v) is 8.86. The van der Waals surface area contributed by atoms with Crippen LogP contribution in [0, 0.1) is 6.92 Å². The summed E-state index contributed by atoms with van der Waals surface area (Å²) in [6, 6.07) is 15.0. The molecule has 0 saturated carbocycles. The van der Waals surface area contributed by atoms with Gasteiger partial charge in [0.1, 0.15) is 17.5 Å². The molecule has 1 aliphatic heterocycles. The van der Waals surface area contributed by atoms with Gasteiger partial charge in [-0.25, -0.2) is 8.42 Å². The van der Waals surface area contributed by atoms with E-state index in [9.17, 15) is 18.3 Å². The van der Waals surface area contributed by atoms with E-state index in [0.29, 0.717) is 24.3 Å². The van der Waals surface area contributed by atoms with E-state index in [1.165, 1.54) is 12.1 Å². The third kappa shape index (κ3) is 4.10. The molecule has 1 N–H and O–H groups in total. The van der Waals surface area contributed by atoms with Gasteiger partial charge in [-0.3, -0.25) is 4.79 Å². The molecule has 4 rings (SSSR count). The number of carboxylic acid groups (broad SMARTS) is 1. The van der Waals surface area contributed by atoms with E-state index < -0.39 is 22.0 Å². The Hall–Kier alpha value is -1.97. The van der Waals surface area contributed by atoms with Crippen molar-refractivity contribution in [1.82, 2.24) is 9.46 Å². The first-order valence-corrected chi connectivity index (χ1v) is 10.7. The van der Waals surface area contributed by atoms with Crippen LogP contribution in [-0.4, -0.2) is 71.1 Å². The van der Waals surface area contributed by atoms with Crippen LogP contribution in [0.4, 0.5) is 0 Å². The molecule has 0 amide bonds. The SMILES string of the molecule is Cc1onc(-c2ccccc2)c1-c1ccc(S(=O)(=O)N2CCC[C@H]2C(=O)O)cc1.[NaH]. The van der Waals surface area contributed by atoms with Crippen LogP contribution in [0.3, 0.4) is 0 Å². The van der Waals surface area contributed by atoms with Crippen molar-refractivity contribution in [2.75, 3.05) is 6.54 Å². The van der Waals surface area contributed by atoms with Crippen LogP contribution in [0.15, 0.2) is 64.0 Å². The summed E-state index contributed by atoms with van der Waals surface area (Å²) >= 11 is 0. The summed E-state index contributed by atoms with van der Waals surface area (Å²) in [7, 11) is -3.88. The number of benzene rings is 2. The Kier molecular flexibility index (Phi) is 6.84. The molecule has 1 saturated heterocycles. The average Bonchev–Trinajstić information content (AvgIpc) is 3.36. The van der Waals surface area contributed by atoms with Gasteiger partial charge in [0.25, 0.3) is 0 Å². The molecule has 0 unspecified atom stereocenters. The fourth-order valence-electron chi connectivity index (χ4n) is 3.71. The number of aryl methyl sites for hydroxylation is 1. The molecule has 1 atom stereocenters. The number of rotatable bonds is 5. The Morgan fingerprint density at radius 3 is 2.40 bits per heavy atom. The quantitative estimate of drug-likeness (QED) is 0.618. The van der Waals surface area contributed by atoms with Crippen molar-refractivity contribution in [2.24, 2.45) is 0 Å². The predicted molar refractivity (Wildman–Crippen MR) is 114 cm³/mol. The van der Waals surface area contributed by atoms with E-state index in [4.69, 9.17) is 4.52 Å². The van der Waals surface area contributed by atoms with Crippen LogP contribution < -0.4 is 0 Å². The van der Waals surface area contributed by atoms with Gasteiger partial charge in [-0.2, -0.15) is 4.31 Å². The minimum absolute atomic E-state index is 0. The van der Waals surface area contributed by atoms with Gasteiger partial charge in [0, 0.05) is 12.1 Å². The topological polar surface area (TPSA) is 101 Å². The summed E-state index contributed by atoms with van der Waals surface area (Å²) in [5.74, 6) is -0.486. The molecule has 9 heteroatoms. The van der Waals surface area contributed by atoms with Crippen molar-refractivity contribution in [1.29, 1.82) is 0 Å². The van der Waals surface area contributed by atoms with Crippen molar-refractivity contribution in [3.8, 4) is 22.4 Å². The van der Waals surface area contributed by atoms with Crippen LogP contribution >= 0.6 is 0 Å². The number of carbonyl (C=O) groups is 1. The van der Waals surface area contributed by atoms with Gasteiger partial charge in [0.05, 0.1) is 10.5 Å². The van der Waals surface area contributed by atoms with E-state index in [-0.39, 0.29) is 41.0 Å². The van der Waals surface area contributed by atoms with E-state index >= 15 is 0 Å². The van der Waals surface area contributed by atoms with Crippen molar-refractivity contribution in [2.45, 2.75) is 30.7 Å². The molecule has 7 nitrogen and oxygen atoms in total. The van der Waals surface area contributed by atoms with Crippen LogP contribution in [-0.2, 0) is 14.8 Å². The standard InChI is InChI=1S/C21H20N2O5S.Na.H/c1-14-19(20(22-28-14)16-6-3-2-4-7-16)15-9-11-17(12-10-15)29(26,27)23-13-5-8-18(23)21(24)25;;/h2-4,6-7,9-12,18H,5,8,13H2,1H3,(H,24,25);;/t18-;;/m0../s1. The van der Waals surface area contributed by atoms with E-state index in [1.807, 2.05) is 30.3 Å². The number of aliphatic carboxylic acids is 1. The monoisotopic (exact) mass is 436 g/mol. The van der Waals surface area contributed by atoms with E-state index in [2.05, 4.69) is 5.16 Å². The summed E-state index contributed by atoms with van der Waals surface area (Å²) in [5.41, 5.74) is 3.16. The molecule has 3 aromatic rings. The van der Waals surface area contributed by atoms with Crippen LogP contribution in [0.2, 0.25) is 0 Å². The van der Waals surface area contributed by atoms with Gasteiger partial charge < -0.3 is 9.63 Å². The molecule has 0 bridgehead atoms. The van der Waals surface area contributed by atoms with E-state index in [1.54, 1.807) is 19.1 Å². The fourth-order valence-corrected chi connectivity index (χ4v) is 5.36. The zero-order valence-corrected chi connectivity index (χ0v) is 16.6. The van der Waals surface area contributed by atoms with Crippen LogP contribution in [0.1, 0.15) is 18.6 Å². The summed E-state index contributed by atoms with van der Waals surface area (Å²) in [6.07, 6.45) is 0.863. The summed E-state index contributed by atoms with van der Waals surface area (Å²) < 4.78 is 32.3. The molecule has 2 heterocycles. The third-order valence-corrected chi connectivity index (χ3v) is 7.07. The van der Waals surface area contributed by atoms with Crippen molar-refractivity contribution in [3.63, 3.8) is 0 Å². The summed E-state index contributed by atoms with van der Waals surface area (Å²) in [4.78, 5) is 11.5. The Bertz CT molecular complexity index is 1140. The second kappa shape index (κ2) is 9.03. The third-order valence-electron chi connectivity index (χ3n) is 5.15. The second-order valence-electron chi connectivity index (χ2n) is 6.96. The number of hydrogen-bond acceptors (Lipinski definition) is 5. The van der Waals surface area contributed by atoms with Gasteiger partial charge >= 0.3 is 35.5 Å². The zero-order chi connectivity index (χ0) is 20.6. The Morgan fingerprint density at radius 1 is 1.10 bits per heavy atom. The number of sulfonamides is 1. The molecule has 152 valence electrons. The maximum absolute atomic E-state index is 12.9. The maximum atomic E-state index is 12.9. The molecule has 2 aromatic carbocycles. The first-order valence-electron chi connectivity index (χ1n) is 9.26. The molecule has 30 heavy (non-hydrogen) atoms. The van der Waals surface area contributed by atoms with E-state index in [0.717, 1.165) is 21.0 Å². The summed E-state index contributed by atoms with van der Waals surface area (Å²) in [5, 5.41) is 13.5. The van der Waals surface area contributed by atoms with Gasteiger partial charge in [0.2, 0.25) is 10.0 Å². The van der Waals surface area contributed by atoms with Gasteiger partial charge in [-0.15, -0.1) is 0 Å². The predicted octanol–water partition coefficient (Wildman–Crippen LogP) is 2.91. The van der Waals surface area contributed by atoms with Crippen molar-refractivity contribution in [3.05, 3.63) is 60.4 Å². The number of carboxylic acids is 1. The van der Waals surface area contributed by atoms with Gasteiger partial charge in [-0.05, 0) is 37.5 Å². The Balaban J connectivity index is 0.00000256. The molecule has 0 spiro atoms. The first-order chi connectivity index (χ1) is 13.9. The van der Waals surface area contributed by atoms with Crippen molar-refractivity contribution >= 4 is 45.5 Å². The van der Waals surface area contributed by atoms with Crippen molar-refractivity contribution < 1.29 is 22.8 Å². The van der Waals surface area contributed by atoms with Crippen LogP contribution in [0.5, 0.6) is 0 Å². The molecule has 1 aromatic heterocycles. The Morgan fingerprint density at radius 2 is 1.77 bits per heavy atom. The normalized spacial score (nSPS) is 16.9. The molecule has 1 aliphatic rings. The molecule has 0 radical (unpaired) electrons. The minimum atomic E-state index is -3.88. The number of aromatic nitrogens is 1. The first kappa shape index (κ1) is 22.7. The fraction of sp³-hybridized carbons (Fsp3) is 0.238. The molecular weight excluding hydrogens is 415 g/mol. The Labute approximate surface area is 197 Å².